The fraction of sp³-hybridized carbons (Fsp3) is 0.812. The molecule has 0 unspecified atom stereocenters. The zero-order chi connectivity index (χ0) is 24.9. The zero-order valence-electron chi connectivity index (χ0n) is 23.5. The predicted molar refractivity (Wildman–Crippen MR) is 168 cm³/mol. The quantitative estimate of drug-likeness (QED) is 0.240. The Labute approximate surface area is 231 Å². The Morgan fingerprint density at radius 3 is 1.08 bits per heavy atom. The maximum absolute atomic E-state index is 2.78. The summed E-state index contributed by atoms with van der Waals surface area (Å²) in [5.41, 5.74) is 7.19. The third-order valence-corrected chi connectivity index (χ3v) is 17.7. The molecule has 203 valence electrons. The molecule has 0 amide bonds. The Kier molecular flexibility index (Phi) is 9.76. The molecule has 0 atom stereocenters. The maximum atomic E-state index is 2.78. The van der Waals surface area contributed by atoms with Gasteiger partial charge in [-0.3, -0.25) is 0 Å². The van der Waals surface area contributed by atoms with E-state index in [1.807, 2.05) is 0 Å². The first-order chi connectivity index (χ1) is 18.4. The van der Waals surface area contributed by atoms with Crippen molar-refractivity contribution in [2.75, 3.05) is 22.2 Å². The van der Waals surface area contributed by atoms with E-state index in [9.17, 15) is 0 Å². The second-order valence-corrected chi connectivity index (χ2v) is 18.6. The number of anilines is 2. The fourth-order valence-electron chi connectivity index (χ4n) is 8.53. The normalized spacial score (nSPS) is 25.1. The third-order valence-electron chi connectivity index (χ3n) is 10.6. The van der Waals surface area contributed by atoms with E-state index in [0.29, 0.717) is 0 Å². The molecular weight excluding hydrogens is 485 g/mol. The minimum atomic E-state index is 0.0772. The van der Waals surface area contributed by atoms with E-state index in [0.717, 1.165) is 22.6 Å². The number of hydrogen-bond acceptors (Lipinski definition) is 2. The van der Waals surface area contributed by atoms with Gasteiger partial charge in [0.15, 0.2) is 0 Å². The van der Waals surface area contributed by atoms with E-state index >= 15 is 0 Å². The van der Waals surface area contributed by atoms with Crippen LogP contribution < -0.4 is 9.62 Å². The van der Waals surface area contributed by atoms with Gasteiger partial charge in [-0.15, -0.1) is 0 Å². The van der Waals surface area contributed by atoms with Gasteiger partial charge >= 0.3 is 7.55 Å². The first-order valence-corrected chi connectivity index (χ1v) is 19.7. The van der Waals surface area contributed by atoms with Crippen molar-refractivity contribution < 1.29 is 0 Å². The molecule has 5 heteroatoms. The number of para-hydroxylation sites is 2. The lowest BCUT2D eigenvalue weighted by Gasteiger charge is -2.41. The number of rotatable bonds is 8. The first-order valence-electron chi connectivity index (χ1n) is 16.4. The van der Waals surface area contributed by atoms with Gasteiger partial charge in [0.25, 0.3) is 0 Å². The van der Waals surface area contributed by atoms with Crippen molar-refractivity contribution in [3.63, 3.8) is 0 Å². The topological polar surface area (TPSA) is 6.48 Å². The Morgan fingerprint density at radius 1 is 0.486 bits per heavy atom. The third kappa shape index (κ3) is 6.56. The summed E-state index contributed by atoms with van der Waals surface area (Å²) >= 11 is 0. The second-order valence-electron chi connectivity index (χ2n) is 13.0. The molecule has 0 aromatic heterocycles. The van der Waals surface area contributed by atoms with Gasteiger partial charge in [0.2, 0.25) is 0 Å². The van der Waals surface area contributed by atoms with Gasteiger partial charge in [-0.2, -0.15) is 0 Å². The van der Waals surface area contributed by atoms with Gasteiger partial charge in [-0.05, 0) is 86.1 Å². The van der Waals surface area contributed by atoms with Gasteiger partial charge < -0.3 is 9.62 Å². The van der Waals surface area contributed by atoms with Crippen LogP contribution in [0, 0.1) is 0 Å². The molecule has 1 radical (unpaired) electrons. The molecule has 37 heavy (non-hydrogen) atoms. The first kappa shape index (κ1) is 26.9. The molecule has 1 aliphatic heterocycles. The lowest BCUT2D eigenvalue weighted by molar-refractivity contribution is 0.484. The molecule has 6 rings (SSSR count). The number of nitrogens with zero attached hydrogens (tertiary/aromatic N) is 2. The van der Waals surface area contributed by atoms with Crippen molar-refractivity contribution in [3.8, 4) is 0 Å². The lowest BCUT2D eigenvalue weighted by Crippen LogP contribution is -2.39. The summed E-state index contributed by atoms with van der Waals surface area (Å²) in [6, 6.07) is 9.50. The smallest absolute Gasteiger partial charge is 0.392 e. The van der Waals surface area contributed by atoms with Crippen LogP contribution in [-0.4, -0.2) is 42.8 Å². The summed E-state index contributed by atoms with van der Waals surface area (Å²) in [5.74, 6) is 0. The highest BCUT2D eigenvalue weighted by Gasteiger charge is 2.39. The average Bonchev–Trinajstić information content (AvgIpc) is 3.33. The molecule has 1 heterocycles. The summed E-state index contributed by atoms with van der Waals surface area (Å²) < 4.78 is 0. The molecule has 2 nitrogen and oxygen atoms in total. The lowest BCUT2D eigenvalue weighted by atomic mass is 9.99. The molecule has 5 aliphatic rings. The number of hydrogen-bond donors (Lipinski definition) is 0. The molecule has 4 saturated carbocycles. The fourth-order valence-corrected chi connectivity index (χ4v) is 15.9. The van der Waals surface area contributed by atoms with Gasteiger partial charge in [0.1, 0.15) is 0 Å². The second kappa shape index (κ2) is 13.4. The van der Waals surface area contributed by atoms with Crippen molar-refractivity contribution in [3.05, 3.63) is 24.3 Å². The predicted octanol–water partition coefficient (Wildman–Crippen LogP) is 10.1. The summed E-state index contributed by atoms with van der Waals surface area (Å²) in [6.45, 7) is 0. The Hall–Kier alpha value is -0.255. The van der Waals surface area contributed by atoms with E-state index in [1.165, 1.54) is 152 Å². The zero-order valence-corrected chi connectivity index (χ0v) is 25.3. The standard InChI is InChI=1S/C32H52BN2P2/c1-5-15-27(16-6-1)36(28-17-7-2-8-18-28)25-34-31-23-13-14-24-32(31)35(33-34)26-37(29-19-9-3-10-20-29)30-21-11-4-12-22-30/h13-14,23-24,27-30H,1-12,15-22,25-26H2. The molecule has 0 saturated heterocycles. The van der Waals surface area contributed by atoms with Crippen LogP contribution >= 0.6 is 15.8 Å². The van der Waals surface area contributed by atoms with Gasteiger partial charge in [-0.25, -0.2) is 0 Å². The van der Waals surface area contributed by atoms with Gasteiger partial charge in [0, 0.05) is 23.9 Å². The Morgan fingerprint density at radius 2 is 0.784 bits per heavy atom. The molecule has 0 N–H and O–H groups in total. The Balaban J connectivity index is 1.21. The van der Waals surface area contributed by atoms with Crippen molar-refractivity contribution in [1.29, 1.82) is 0 Å². The Bertz CT molecular complexity index is 725. The van der Waals surface area contributed by atoms with Crippen LogP contribution in [0.15, 0.2) is 24.3 Å². The van der Waals surface area contributed by atoms with Crippen molar-refractivity contribution >= 4 is 34.8 Å². The minimum Gasteiger partial charge on any atom is -0.393 e. The van der Waals surface area contributed by atoms with Crippen molar-refractivity contribution in [1.82, 2.24) is 0 Å². The van der Waals surface area contributed by atoms with Gasteiger partial charge in [-0.1, -0.05) is 105 Å². The van der Waals surface area contributed by atoms with Crippen LogP contribution in [-0.2, 0) is 0 Å². The summed E-state index contributed by atoms with van der Waals surface area (Å²) in [7, 11) is 2.79. The van der Waals surface area contributed by atoms with Crippen molar-refractivity contribution in [2.45, 2.75) is 151 Å². The monoisotopic (exact) mass is 537 g/mol. The highest BCUT2D eigenvalue weighted by molar-refractivity contribution is 7.60. The molecule has 1 aromatic carbocycles. The van der Waals surface area contributed by atoms with Crippen LogP contribution in [0.4, 0.5) is 11.4 Å². The van der Waals surface area contributed by atoms with E-state index in [4.69, 9.17) is 0 Å². The summed E-state index contributed by atoms with van der Waals surface area (Å²) in [5, 5.41) is 0. The van der Waals surface area contributed by atoms with Crippen LogP contribution in [0.25, 0.3) is 0 Å². The molecule has 4 aliphatic carbocycles. The summed E-state index contributed by atoms with van der Waals surface area (Å²) in [4.78, 5) is 5.55. The van der Waals surface area contributed by atoms with E-state index < -0.39 is 0 Å². The minimum absolute atomic E-state index is 0.0772. The molecule has 0 bridgehead atoms. The number of benzene rings is 1. The van der Waals surface area contributed by atoms with E-state index in [-0.39, 0.29) is 15.8 Å². The number of fused-ring (bicyclic) bond motifs is 1. The van der Waals surface area contributed by atoms with Crippen LogP contribution in [0.3, 0.4) is 0 Å². The highest BCUT2D eigenvalue weighted by Crippen LogP contribution is 2.59. The maximum Gasteiger partial charge on any atom is 0.392 e. The van der Waals surface area contributed by atoms with E-state index in [2.05, 4.69) is 41.4 Å². The van der Waals surface area contributed by atoms with Gasteiger partial charge in [0.05, 0.1) is 0 Å². The largest absolute Gasteiger partial charge is 0.393 e. The SMILES string of the molecule is [B]1N(CP(C2CCCCC2)C2CCCCC2)c2ccccc2N1CP(C1CCCCC1)C1CCCCC1. The van der Waals surface area contributed by atoms with Crippen LogP contribution in [0.2, 0.25) is 0 Å². The van der Waals surface area contributed by atoms with Crippen LogP contribution in [0.5, 0.6) is 0 Å². The molecular formula is C32H52BN2P2. The summed E-state index contributed by atoms with van der Waals surface area (Å²) in [6.07, 6.45) is 32.8. The van der Waals surface area contributed by atoms with E-state index in [1.54, 1.807) is 0 Å². The molecule has 0 spiro atoms. The molecule has 4 fully saturated rings. The molecule has 1 aromatic rings. The highest BCUT2D eigenvalue weighted by atomic mass is 31.1. The van der Waals surface area contributed by atoms with Crippen LogP contribution in [0.1, 0.15) is 128 Å². The average molecular weight is 538 g/mol. The van der Waals surface area contributed by atoms with Crippen molar-refractivity contribution in [2.24, 2.45) is 0 Å².